The van der Waals surface area contributed by atoms with Gasteiger partial charge in [0.25, 0.3) is 5.91 Å². The van der Waals surface area contributed by atoms with Crippen molar-refractivity contribution in [2.45, 2.75) is 32.6 Å². The molecule has 0 fully saturated rings. The fraction of sp³-hybridized carbons (Fsp3) is 0.250. The second-order valence-corrected chi connectivity index (χ2v) is 9.01. The zero-order valence-electron chi connectivity index (χ0n) is 17.3. The smallest absolute Gasteiger partial charge is 0.276 e. The normalized spacial score (nSPS) is 11.2. The van der Waals surface area contributed by atoms with Gasteiger partial charge in [-0.1, -0.05) is 79.2 Å². The first kappa shape index (κ1) is 21.8. The minimum Gasteiger partial charge on any atom is -0.483 e. The Balaban J connectivity index is 1.54. The van der Waals surface area contributed by atoms with Gasteiger partial charge >= 0.3 is 0 Å². The minimum absolute atomic E-state index is 0.137. The van der Waals surface area contributed by atoms with Crippen LogP contribution in [-0.2, 0) is 21.4 Å². The number of carbonyl (C=O) groups excluding carboxylic acids is 2. The lowest BCUT2D eigenvalue weighted by Gasteiger charge is -2.23. The van der Waals surface area contributed by atoms with E-state index >= 15 is 0 Å². The van der Waals surface area contributed by atoms with Crippen molar-refractivity contribution in [1.82, 2.24) is 10.9 Å². The fourth-order valence-corrected chi connectivity index (χ4v) is 3.56. The summed E-state index contributed by atoms with van der Waals surface area (Å²) in [4.78, 5) is 24.4. The fourth-order valence-electron chi connectivity index (χ4n) is 3.20. The Morgan fingerprint density at radius 2 is 1.63 bits per heavy atom. The quantitative estimate of drug-likeness (QED) is 0.534. The predicted molar refractivity (Wildman–Crippen MR) is 122 cm³/mol. The summed E-state index contributed by atoms with van der Waals surface area (Å²) >= 11 is 3.47. The van der Waals surface area contributed by atoms with Crippen molar-refractivity contribution in [3.05, 3.63) is 76.3 Å². The van der Waals surface area contributed by atoms with Gasteiger partial charge in [-0.2, -0.15) is 0 Å². The van der Waals surface area contributed by atoms with Crippen molar-refractivity contribution in [1.29, 1.82) is 0 Å². The van der Waals surface area contributed by atoms with Crippen LogP contribution in [0.5, 0.6) is 5.75 Å². The van der Waals surface area contributed by atoms with E-state index in [1.165, 1.54) is 0 Å². The second-order valence-electron chi connectivity index (χ2n) is 8.09. The molecule has 3 aromatic rings. The third-order valence-electron chi connectivity index (χ3n) is 4.68. The highest BCUT2D eigenvalue weighted by Gasteiger charge is 2.20. The van der Waals surface area contributed by atoms with Crippen molar-refractivity contribution in [2.75, 3.05) is 6.61 Å². The molecular formula is C24H25BrN2O3. The molecule has 0 aromatic heterocycles. The van der Waals surface area contributed by atoms with Crippen LogP contribution < -0.4 is 15.6 Å². The summed E-state index contributed by atoms with van der Waals surface area (Å²) in [6, 6.07) is 19.4. The summed E-state index contributed by atoms with van der Waals surface area (Å²) in [5.74, 6) is -0.0781. The van der Waals surface area contributed by atoms with E-state index in [2.05, 4.69) is 47.6 Å². The van der Waals surface area contributed by atoms with Gasteiger partial charge in [-0.25, -0.2) is 0 Å². The number of carbonyl (C=O) groups is 2. The van der Waals surface area contributed by atoms with Crippen LogP contribution in [0.1, 0.15) is 31.9 Å². The molecule has 3 aromatic carbocycles. The molecule has 0 aliphatic carbocycles. The highest BCUT2D eigenvalue weighted by molar-refractivity contribution is 9.10. The largest absolute Gasteiger partial charge is 0.483 e. The molecule has 2 amide bonds. The first-order chi connectivity index (χ1) is 14.2. The Morgan fingerprint density at radius 3 is 2.40 bits per heavy atom. The molecule has 0 saturated carbocycles. The molecule has 3 rings (SSSR count). The first-order valence-corrected chi connectivity index (χ1v) is 10.5. The van der Waals surface area contributed by atoms with Gasteiger partial charge < -0.3 is 4.74 Å². The number of hydrogen-bond acceptors (Lipinski definition) is 3. The van der Waals surface area contributed by atoms with Crippen molar-refractivity contribution < 1.29 is 14.3 Å². The molecule has 0 aliphatic rings. The summed E-state index contributed by atoms with van der Waals surface area (Å²) in [6.07, 6.45) is 0.170. The summed E-state index contributed by atoms with van der Waals surface area (Å²) in [5.41, 5.74) is 6.64. The maximum Gasteiger partial charge on any atom is 0.276 e. The Bertz CT molecular complexity index is 1070. The summed E-state index contributed by atoms with van der Waals surface area (Å²) in [6.45, 7) is 6.04. The van der Waals surface area contributed by atoms with E-state index in [0.717, 1.165) is 26.4 Å². The molecule has 0 unspecified atom stereocenters. The zero-order valence-corrected chi connectivity index (χ0v) is 18.9. The van der Waals surface area contributed by atoms with Gasteiger partial charge in [-0.05, 0) is 39.9 Å². The lowest BCUT2D eigenvalue weighted by atomic mass is 9.86. The number of ether oxygens (including phenoxy) is 1. The van der Waals surface area contributed by atoms with Gasteiger partial charge in [-0.3, -0.25) is 20.4 Å². The van der Waals surface area contributed by atoms with Crippen LogP contribution in [0.25, 0.3) is 10.8 Å². The third kappa shape index (κ3) is 5.60. The number of hydrazine groups is 1. The topological polar surface area (TPSA) is 67.4 Å². The standard InChI is InChI=1S/C24H25BrN2O3/c1-24(2,3)20-14-18(25)11-12-21(20)30-15-23(29)27-26-22(28)13-17-9-6-8-16-7-4-5-10-19(16)17/h4-12,14H,13,15H2,1-3H3,(H,26,28)(H,27,29). The van der Waals surface area contributed by atoms with Crippen LogP contribution in [0.2, 0.25) is 0 Å². The number of fused-ring (bicyclic) bond motifs is 1. The molecule has 30 heavy (non-hydrogen) atoms. The van der Waals surface area contributed by atoms with E-state index in [0.29, 0.717) is 5.75 Å². The molecule has 0 atom stereocenters. The third-order valence-corrected chi connectivity index (χ3v) is 5.17. The number of benzene rings is 3. The highest BCUT2D eigenvalue weighted by atomic mass is 79.9. The lowest BCUT2D eigenvalue weighted by Crippen LogP contribution is -2.44. The predicted octanol–water partition coefficient (Wildman–Crippen LogP) is 4.67. The molecule has 156 valence electrons. The van der Waals surface area contributed by atoms with Gasteiger partial charge in [0, 0.05) is 10.0 Å². The monoisotopic (exact) mass is 468 g/mol. The molecule has 0 heterocycles. The Hall–Kier alpha value is -2.86. The number of hydrogen-bond donors (Lipinski definition) is 2. The van der Waals surface area contributed by atoms with Crippen molar-refractivity contribution in [3.63, 3.8) is 0 Å². The summed E-state index contributed by atoms with van der Waals surface area (Å²) in [5, 5.41) is 2.10. The number of nitrogens with one attached hydrogen (secondary N) is 2. The highest BCUT2D eigenvalue weighted by Crippen LogP contribution is 2.33. The zero-order chi connectivity index (χ0) is 21.7. The first-order valence-electron chi connectivity index (χ1n) is 9.71. The van der Waals surface area contributed by atoms with Crippen LogP contribution in [0.3, 0.4) is 0 Å². The number of amides is 2. The van der Waals surface area contributed by atoms with E-state index in [9.17, 15) is 9.59 Å². The SMILES string of the molecule is CC(C)(C)c1cc(Br)ccc1OCC(=O)NNC(=O)Cc1cccc2ccccc12. The van der Waals surface area contributed by atoms with E-state index in [1.54, 1.807) is 0 Å². The number of rotatable bonds is 5. The minimum atomic E-state index is -0.427. The van der Waals surface area contributed by atoms with Crippen LogP contribution in [-0.4, -0.2) is 18.4 Å². The van der Waals surface area contributed by atoms with Gasteiger partial charge in [-0.15, -0.1) is 0 Å². The van der Waals surface area contributed by atoms with Crippen molar-refractivity contribution in [2.24, 2.45) is 0 Å². The molecule has 2 N–H and O–H groups in total. The van der Waals surface area contributed by atoms with E-state index < -0.39 is 5.91 Å². The second kappa shape index (κ2) is 9.30. The van der Waals surface area contributed by atoms with Crippen molar-refractivity contribution in [3.8, 4) is 5.75 Å². The van der Waals surface area contributed by atoms with Gasteiger partial charge in [0.15, 0.2) is 6.61 Å². The molecule has 0 spiro atoms. The Kier molecular flexibility index (Phi) is 6.77. The van der Waals surface area contributed by atoms with E-state index in [4.69, 9.17) is 4.74 Å². The molecule has 0 aliphatic heterocycles. The molecule has 0 radical (unpaired) electrons. The van der Waals surface area contributed by atoms with Crippen LogP contribution >= 0.6 is 15.9 Å². The molecule has 6 heteroatoms. The number of halogens is 1. The van der Waals surface area contributed by atoms with E-state index in [1.807, 2.05) is 60.7 Å². The Labute approximate surface area is 184 Å². The maximum atomic E-state index is 12.3. The Morgan fingerprint density at radius 1 is 0.933 bits per heavy atom. The van der Waals surface area contributed by atoms with E-state index in [-0.39, 0.29) is 24.3 Å². The summed E-state index contributed by atoms with van der Waals surface area (Å²) < 4.78 is 6.65. The van der Waals surface area contributed by atoms with Crippen LogP contribution in [0.15, 0.2) is 65.1 Å². The van der Waals surface area contributed by atoms with Gasteiger partial charge in [0.1, 0.15) is 5.75 Å². The van der Waals surface area contributed by atoms with Crippen LogP contribution in [0, 0.1) is 0 Å². The van der Waals surface area contributed by atoms with Crippen molar-refractivity contribution >= 4 is 38.5 Å². The van der Waals surface area contributed by atoms with Gasteiger partial charge in [0.2, 0.25) is 5.91 Å². The maximum absolute atomic E-state index is 12.3. The summed E-state index contributed by atoms with van der Waals surface area (Å²) in [7, 11) is 0. The molecule has 5 nitrogen and oxygen atoms in total. The molecule has 0 saturated heterocycles. The molecular weight excluding hydrogens is 444 g/mol. The van der Waals surface area contributed by atoms with Gasteiger partial charge in [0.05, 0.1) is 6.42 Å². The lowest BCUT2D eigenvalue weighted by molar-refractivity contribution is -0.129. The van der Waals surface area contributed by atoms with Crippen LogP contribution in [0.4, 0.5) is 0 Å². The molecule has 0 bridgehead atoms. The average Bonchev–Trinajstić information content (AvgIpc) is 2.71. The average molecular weight is 469 g/mol.